The van der Waals surface area contributed by atoms with E-state index < -0.39 is 0 Å². The number of carbonyl (C=O) groups excluding carboxylic acids is 1. The molecule has 0 radical (unpaired) electrons. The van der Waals surface area contributed by atoms with Crippen LogP contribution in [0.15, 0.2) is 24.3 Å². The number of nitrogens with two attached hydrogens (primary N) is 1. The van der Waals surface area contributed by atoms with E-state index in [-0.39, 0.29) is 5.91 Å². The highest BCUT2D eigenvalue weighted by Gasteiger charge is 2.15. The lowest BCUT2D eigenvalue weighted by Crippen LogP contribution is -2.25. The fourth-order valence-electron chi connectivity index (χ4n) is 2.75. The first-order valence-electron chi connectivity index (χ1n) is 7.35. The number of rotatable bonds is 6. The van der Waals surface area contributed by atoms with Gasteiger partial charge in [0, 0.05) is 18.7 Å². The van der Waals surface area contributed by atoms with Crippen molar-refractivity contribution < 1.29 is 4.79 Å². The molecule has 19 heavy (non-hydrogen) atoms. The molecule has 0 heterocycles. The first-order chi connectivity index (χ1) is 9.24. The van der Waals surface area contributed by atoms with Crippen LogP contribution in [0.25, 0.3) is 0 Å². The molecule has 0 spiro atoms. The molecule has 0 aliphatic heterocycles. The molecule has 0 aromatic heterocycles. The molecular weight excluding hydrogens is 236 g/mol. The Balaban J connectivity index is 1.59. The van der Waals surface area contributed by atoms with E-state index in [1.54, 1.807) is 0 Å². The quantitative estimate of drug-likeness (QED) is 0.773. The Morgan fingerprint density at radius 1 is 1.21 bits per heavy atom. The first kappa shape index (κ1) is 13.9. The minimum atomic E-state index is 0.197. The normalized spacial score (nSPS) is 15.6. The minimum absolute atomic E-state index is 0.197. The highest BCUT2D eigenvalue weighted by molar-refractivity contribution is 5.75. The highest BCUT2D eigenvalue weighted by Crippen LogP contribution is 2.28. The number of anilines is 1. The van der Waals surface area contributed by atoms with Gasteiger partial charge in [-0.15, -0.1) is 0 Å². The van der Waals surface area contributed by atoms with E-state index in [1.165, 1.54) is 31.2 Å². The van der Waals surface area contributed by atoms with E-state index in [1.807, 2.05) is 24.3 Å². The lowest BCUT2D eigenvalue weighted by Gasteiger charge is -2.09. The van der Waals surface area contributed by atoms with Gasteiger partial charge in [-0.25, -0.2) is 0 Å². The maximum Gasteiger partial charge on any atom is 0.220 e. The standard InChI is InChI=1S/C16H24N2O/c17-15-8-5-14(6-9-15)11-12-18-16(19)10-7-13-3-1-2-4-13/h5-6,8-9,13H,1-4,7,10-12,17H2,(H,18,19). The fourth-order valence-corrected chi connectivity index (χ4v) is 2.75. The Morgan fingerprint density at radius 3 is 2.58 bits per heavy atom. The third kappa shape index (κ3) is 4.93. The van der Waals surface area contributed by atoms with Crippen LogP contribution in [0.3, 0.4) is 0 Å². The summed E-state index contributed by atoms with van der Waals surface area (Å²) >= 11 is 0. The molecule has 1 saturated carbocycles. The molecule has 1 aliphatic carbocycles. The Labute approximate surface area is 115 Å². The van der Waals surface area contributed by atoms with E-state index in [0.717, 1.165) is 24.4 Å². The van der Waals surface area contributed by atoms with Gasteiger partial charge in [0.15, 0.2) is 0 Å². The average Bonchev–Trinajstić information content (AvgIpc) is 2.92. The average molecular weight is 260 g/mol. The van der Waals surface area contributed by atoms with Gasteiger partial charge < -0.3 is 11.1 Å². The van der Waals surface area contributed by atoms with Crippen molar-refractivity contribution in [3.8, 4) is 0 Å². The first-order valence-corrected chi connectivity index (χ1v) is 7.35. The van der Waals surface area contributed by atoms with Crippen LogP contribution in [-0.2, 0) is 11.2 Å². The predicted molar refractivity (Wildman–Crippen MR) is 78.8 cm³/mol. The molecule has 1 fully saturated rings. The monoisotopic (exact) mass is 260 g/mol. The highest BCUT2D eigenvalue weighted by atomic mass is 16.1. The Kier molecular flexibility index (Phi) is 5.25. The molecule has 0 bridgehead atoms. The zero-order chi connectivity index (χ0) is 13.5. The van der Waals surface area contributed by atoms with E-state index in [0.29, 0.717) is 13.0 Å². The Bertz CT molecular complexity index is 394. The largest absolute Gasteiger partial charge is 0.399 e. The van der Waals surface area contributed by atoms with Gasteiger partial charge in [-0.2, -0.15) is 0 Å². The van der Waals surface area contributed by atoms with E-state index in [9.17, 15) is 4.79 Å². The smallest absolute Gasteiger partial charge is 0.220 e. The number of hydrogen-bond donors (Lipinski definition) is 2. The predicted octanol–water partition coefficient (Wildman–Crippen LogP) is 2.90. The molecule has 1 amide bonds. The van der Waals surface area contributed by atoms with Crippen molar-refractivity contribution in [1.82, 2.24) is 5.32 Å². The van der Waals surface area contributed by atoms with Crippen LogP contribution >= 0.6 is 0 Å². The van der Waals surface area contributed by atoms with Gasteiger partial charge >= 0.3 is 0 Å². The van der Waals surface area contributed by atoms with Crippen molar-refractivity contribution in [2.75, 3.05) is 12.3 Å². The van der Waals surface area contributed by atoms with Crippen molar-refractivity contribution in [2.24, 2.45) is 5.92 Å². The van der Waals surface area contributed by atoms with Gasteiger partial charge in [0.2, 0.25) is 5.91 Å². The molecule has 104 valence electrons. The van der Waals surface area contributed by atoms with Crippen molar-refractivity contribution >= 4 is 11.6 Å². The lowest BCUT2D eigenvalue weighted by molar-refractivity contribution is -0.121. The van der Waals surface area contributed by atoms with Crippen LogP contribution in [0.1, 0.15) is 44.1 Å². The molecule has 1 aliphatic rings. The van der Waals surface area contributed by atoms with E-state index in [4.69, 9.17) is 5.73 Å². The number of amides is 1. The summed E-state index contributed by atoms with van der Waals surface area (Å²) in [6, 6.07) is 7.83. The molecule has 1 aromatic rings. The summed E-state index contributed by atoms with van der Waals surface area (Å²) in [7, 11) is 0. The zero-order valence-corrected chi connectivity index (χ0v) is 11.5. The van der Waals surface area contributed by atoms with Crippen LogP contribution < -0.4 is 11.1 Å². The summed E-state index contributed by atoms with van der Waals surface area (Å²) in [5.41, 5.74) is 7.63. The summed E-state index contributed by atoms with van der Waals surface area (Å²) in [6.07, 6.45) is 7.96. The summed E-state index contributed by atoms with van der Waals surface area (Å²) in [5, 5.41) is 3.00. The number of nitrogen functional groups attached to an aromatic ring is 1. The number of nitrogens with one attached hydrogen (secondary N) is 1. The Hall–Kier alpha value is -1.51. The lowest BCUT2D eigenvalue weighted by atomic mass is 10.0. The van der Waals surface area contributed by atoms with Gasteiger partial charge in [-0.3, -0.25) is 4.79 Å². The van der Waals surface area contributed by atoms with Crippen molar-refractivity contribution in [2.45, 2.75) is 44.9 Å². The molecule has 0 unspecified atom stereocenters. The third-order valence-electron chi connectivity index (χ3n) is 3.97. The second-order valence-electron chi connectivity index (χ2n) is 5.53. The van der Waals surface area contributed by atoms with Crippen molar-refractivity contribution in [3.63, 3.8) is 0 Å². The summed E-state index contributed by atoms with van der Waals surface area (Å²) in [6.45, 7) is 0.716. The number of benzene rings is 1. The van der Waals surface area contributed by atoms with Crippen LogP contribution in [0.5, 0.6) is 0 Å². The zero-order valence-electron chi connectivity index (χ0n) is 11.5. The van der Waals surface area contributed by atoms with E-state index in [2.05, 4.69) is 5.32 Å². The second kappa shape index (κ2) is 7.17. The number of carbonyl (C=O) groups is 1. The van der Waals surface area contributed by atoms with Crippen LogP contribution in [0, 0.1) is 5.92 Å². The van der Waals surface area contributed by atoms with Gasteiger partial charge in [-0.1, -0.05) is 37.8 Å². The molecule has 3 nitrogen and oxygen atoms in total. The summed E-state index contributed by atoms with van der Waals surface area (Å²) in [5.74, 6) is 0.991. The molecular formula is C16H24N2O. The topological polar surface area (TPSA) is 55.1 Å². The molecule has 3 N–H and O–H groups in total. The minimum Gasteiger partial charge on any atom is -0.399 e. The van der Waals surface area contributed by atoms with E-state index >= 15 is 0 Å². The van der Waals surface area contributed by atoms with Crippen LogP contribution in [0.2, 0.25) is 0 Å². The van der Waals surface area contributed by atoms with Gasteiger partial charge in [0.05, 0.1) is 0 Å². The number of hydrogen-bond acceptors (Lipinski definition) is 2. The maximum atomic E-state index is 11.7. The Morgan fingerprint density at radius 2 is 1.89 bits per heavy atom. The van der Waals surface area contributed by atoms with Crippen molar-refractivity contribution in [3.05, 3.63) is 29.8 Å². The maximum absolute atomic E-state index is 11.7. The van der Waals surface area contributed by atoms with Crippen molar-refractivity contribution in [1.29, 1.82) is 0 Å². The van der Waals surface area contributed by atoms with Gasteiger partial charge in [-0.05, 0) is 36.5 Å². The molecule has 3 heteroatoms. The van der Waals surface area contributed by atoms with Crippen LogP contribution in [0.4, 0.5) is 5.69 Å². The molecule has 2 rings (SSSR count). The molecule has 1 aromatic carbocycles. The SMILES string of the molecule is Nc1ccc(CCNC(=O)CCC2CCCC2)cc1. The third-order valence-corrected chi connectivity index (χ3v) is 3.97. The summed E-state index contributed by atoms with van der Waals surface area (Å²) < 4.78 is 0. The fraction of sp³-hybridized carbons (Fsp3) is 0.562. The van der Waals surface area contributed by atoms with Gasteiger partial charge in [0.25, 0.3) is 0 Å². The molecule has 0 saturated heterocycles. The van der Waals surface area contributed by atoms with Gasteiger partial charge in [0.1, 0.15) is 0 Å². The second-order valence-corrected chi connectivity index (χ2v) is 5.53. The van der Waals surface area contributed by atoms with Crippen LogP contribution in [-0.4, -0.2) is 12.5 Å². The molecule has 0 atom stereocenters. The summed E-state index contributed by atoms with van der Waals surface area (Å²) in [4.78, 5) is 11.7.